The third-order valence-corrected chi connectivity index (χ3v) is 2.17. The highest BCUT2D eigenvalue weighted by molar-refractivity contribution is 5.99. The Hall–Kier alpha value is -1.10. The molecule has 0 saturated carbocycles. The summed E-state index contributed by atoms with van der Waals surface area (Å²) >= 11 is 0. The van der Waals surface area contributed by atoms with Crippen LogP contribution in [-0.4, -0.2) is 37.7 Å². The molecule has 0 radical (unpaired) electrons. The van der Waals surface area contributed by atoms with Gasteiger partial charge in [0.25, 0.3) is 0 Å². The zero-order chi connectivity index (χ0) is 13.1. The Kier molecular flexibility index (Phi) is 9.43. The van der Waals surface area contributed by atoms with E-state index in [1.165, 1.54) is 0 Å². The average molecular weight is 245 g/mol. The number of carbonyl (C=O) groups is 2. The van der Waals surface area contributed by atoms with E-state index < -0.39 is 18.0 Å². The number of carbonyl (C=O) groups excluding carboxylic acids is 2. The van der Waals surface area contributed by atoms with Crippen LogP contribution in [0.2, 0.25) is 0 Å². The number of hydrogen-bond donors (Lipinski definition) is 1. The predicted octanol–water partition coefficient (Wildman–Crippen LogP) is 1.26. The summed E-state index contributed by atoms with van der Waals surface area (Å²) in [5, 5.41) is 2.87. The maximum atomic E-state index is 11.5. The Morgan fingerprint density at radius 2 is 1.53 bits per heavy atom. The molecule has 0 heterocycles. The SMILES string of the molecule is CCCCCNC(C(=O)OCC)C(=O)OCC. The van der Waals surface area contributed by atoms with E-state index in [0.717, 1.165) is 19.3 Å². The summed E-state index contributed by atoms with van der Waals surface area (Å²) in [6.07, 6.45) is 3.07. The second-order valence-electron chi connectivity index (χ2n) is 3.60. The van der Waals surface area contributed by atoms with Gasteiger partial charge in [0.15, 0.2) is 0 Å². The number of hydrogen-bond acceptors (Lipinski definition) is 5. The molecule has 0 atom stereocenters. The first-order valence-corrected chi connectivity index (χ1v) is 6.23. The third-order valence-electron chi connectivity index (χ3n) is 2.17. The second-order valence-corrected chi connectivity index (χ2v) is 3.60. The fraction of sp³-hybridized carbons (Fsp3) is 0.833. The van der Waals surface area contributed by atoms with Gasteiger partial charge < -0.3 is 9.47 Å². The van der Waals surface area contributed by atoms with E-state index in [1.54, 1.807) is 13.8 Å². The minimum Gasteiger partial charge on any atom is -0.464 e. The van der Waals surface area contributed by atoms with E-state index >= 15 is 0 Å². The summed E-state index contributed by atoms with van der Waals surface area (Å²) in [5.41, 5.74) is 0. The smallest absolute Gasteiger partial charge is 0.334 e. The molecule has 0 aliphatic heterocycles. The quantitative estimate of drug-likeness (QED) is 0.376. The minimum atomic E-state index is -0.994. The first-order chi connectivity index (χ1) is 8.17. The molecule has 0 aromatic rings. The maximum absolute atomic E-state index is 11.5. The van der Waals surface area contributed by atoms with Crippen LogP contribution in [0, 0.1) is 0 Å². The fourth-order valence-corrected chi connectivity index (χ4v) is 1.34. The highest BCUT2D eigenvalue weighted by atomic mass is 16.6. The van der Waals surface area contributed by atoms with E-state index in [0.29, 0.717) is 6.54 Å². The summed E-state index contributed by atoms with van der Waals surface area (Å²) in [6, 6.07) is -0.994. The zero-order valence-electron chi connectivity index (χ0n) is 11.0. The van der Waals surface area contributed by atoms with Crippen molar-refractivity contribution < 1.29 is 19.1 Å². The maximum Gasteiger partial charge on any atom is 0.334 e. The van der Waals surface area contributed by atoms with E-state index in [1.807, 2.05) is 0 Å². The highest BCUT2D eigenvalue weighted by Crippen LogP contribution is 1.97. The Labute approximate surface area is 103 Å². The van der Waals surface area contributed by atoms with Gasteiger partial charge in [-0.2, -0.15) is 0 Å². The molecule has 0 unspecified atom stereocenters. The highest BCUT2D eigenvalue weighted by Gasteiger charge is 2.28. The van der Waals surface area contributed by atoms with Gasteiger partial charge in [0.2, 0.25) is 6.04 Å². The number of rotatable bonds is 9. The molecule has 0 saturated heterocycles. The average Bonchev–Trinajstić information content (AvgIpc) is 2.29. The van der Waals surface area contributed by atoms with E-state index in [2.05, 4.69) is 12.2 Å². The van der Waals surface area contributed by atoms with Gasteiger partial charge in [0.1, 0.15) is 0 Å². The third kappa shape index (κ3) is 6.94. The lowest BCUT2D eigenvalue weighted by Crippen LogP contribution is -2.45. The normalized spacial score (nSPS) is 10.4. The largest absolute Gasteiger partial charge is 0.464 e. The van der Waals surface area contributed by atoms with Crippen LogP contribution in [-0.2, 0) is 19.1 Å². The zero-order valence-corrected chi connectivity index (χ0v) is 11.0. The summed E-state index contributed by atoms with van der Waals surface area (Å²) in [6.45, 7) is 6.62. The van der Waals surface area contributed by atoms with Gasteiger partial charge in [0, 0.05) is 0 Å². The minimum absolute atomic E-state index is 0.255. The molecule has 0 amide bonds. The van der Waals surface area contributed by atoms with Crippen LogP contribution in [0.1, 0.15) is 40.0 Å². The molecule has 100 valence electrons. The number of unbranched alkanes of at least 4 members (excludes halogenated alkanes) is 2. The van der Waals surface area contributed by atoms with Gasteiger partial charge in [-0.15, -0.1) is 0 Å². The van der Waals surface area contributed by atoms with Crippen molar-refractivity contribution in [2.75, 3.05) is 19.8 Å². The van der Waals surface area contributed by atoms with Crippen LogP contribution < -0.4 is 5.32 Å². The van der Waals surface area contributed by atoms with Crippen LogP contribution in [0.5, 0.6) is 0 Å². The molecule has 5 nitrogen and oxygen atoms in total. The van der Waals surface area contributed by atoms with E-state index in [-0.39, 0.29) is 13.2 Å². The lowest BCUT2D eigenvalue weighted by Gasteiger charge is -2.15. The van der Waals surface area contributed by atoms with E-state index in [9.17, 15) is 9.59 Å². The molecule has 17 heavy (non-hydrogen) atoms. The summed E-state index contributed by atoms with van der Waals surface area (Å²) < 4.78 is 9.65. The van der Waals surface area contributed by atoms with Gasteiger partial charge in [-0.05, 0) is 26.8 Å². The van der Waals surface area contributed by atoms with Crippen LogP contribution in [0.25, 0.3) is 0 Å². The molecule has 0 aliphatic carbocycles. The molecule has 5 heteroatoms. The number of ether oxygens (including phenoxy) is 2. The Balaban J connectivity index is 4.19. The first kappa shape index (κ1) is 15.9. The van der Waals surface area contributed by atoms with E-state index in [4.69, 9.17) is 9.47 Å². The number of esters is 2. The lowest BCUT2D eigenvalue weighted by atomic mass is 10.2. The molecule has 1 N–H and O–H groups in total. The van der Waals surface area contributed by atoms with Gasteiger partial charge >= 0.3 is 11.9 Å². The van der Waals surface area contributed by atoms with Crippen molar-refractivity contribution in [2.45, 2.75) is 46.1 Å². The number of nitrogens with one attached hydrogen (secondary N) is 1. The van der Waals surface area contributed by atoms with Crippen LogP contribution >= 0.6 is 0 Å². The van der Waals surface area contributed by atoms with Crippen molar-refractivity contribution in [2.24, 2.45) is 0 Å². The van der Waals surface area contributed by atoms with Gasteiger partial charge in [-0.25, -0.2) is 9.59 Å². The lowest BCUT2D eigenvalue weighted by molar-refractivity contribution is -0.157. The molecule has 0 aromatic carbocycles. The monoisotopic (exact) mass is 245 g/mol. The fourth-order valence-electron chi connectivity index (χ4n) is 1.34. The van der Waals surface area contributed by atoms with Crippen molar-refractivity contribution in [3.05, 3.63) is 0 Å². The molecular formula is C12H23NO4. The van der Waals surface area contributed by atoms with Crippen molar-refractivity contribution in [1.29, 1.82) is 0 Å². The molecule has 0 aromatic heterocycles. The summed E-state index contributed by atoms with van der Waals surface area (Å²) in [5.74, 6) is -1.13. The van der Waals surface area contributed by atoms with Crippen LogP contribution in [0.3, 0.4) is 0 Å². The van der Waals surface area contributed by atoms with Crippen molar-refractivity contribution in [3.63, 3.8) is 0 Å². The molecule has 0 rings (SSSR count). The second kappa shape index (κ2) is 10.1. The first-order valence-electron chi connectivity index (χ1n) is 6.23. The van der Waals surface area contributed by atoms with Crippen molar-refractivity contribution in [3.8, 4) is 0 Å². The molecule has 0 aliphatic rings. The molecule has 0 spiro atoms. The standard InChI is InChI=1S/C12H23NO4/c1-4-7-8-9-13-10(11(14)16-5-2)12(15)17-6-3/h10,13H,4-9H2,1-3H3. The summed E-state index contributed by atoms with van der Waals surface area (Å²) in [7, 11) is 0. The van der Waals surface area contributed by atoms with Crippen molar-refractivity contribution in [1.82, 2.24) is 5.32 Å². The predicted molar refractivity (Wildman–Crippen MR) is 64.6 cm³/mol. The molecular weight excluding hydrogens is 222 g/mol. The van der Waals surface area contributed by atoms with Crippen molar-refractivity contribution >= 4 is 11.9 Å². The summed E-state index contributed by atoms with van der Waals surface area (Å²) in [4.78, 5) is 23.1. The van der Waals surface area contributed by atoms with Crippen LogP contribution in [0.15, 0.2) is 0 Å². The Bertz CT molecular complexity index is 213. The Morgan fingerprint density at radius 1 is 1.00 bits per heavy atom. The Morgan fingerprint density at radius 3 is 1.94 bits per heavy atom. The van der Waals surface area contributed by atoms with Gasteiger partial charge in [0.05, 0.1) is 13.2 Å². The van der Waals surface area contributed by atoms with Gasteiger partial charge in [-0.1, -0.05) is 19.8 Å². The molecule has 0 fully saturated rings. The molecule has 0 bridgehead atoms. The van der Waals surface area contributed by atoms with Gasteiger partial charge in [-0.3, -0.25) is 5.32 Å². The topological polar surface area (TPSA) is 64.6 Å². The van der Waals surface area contributed by atoms with Crippen LogP contribution in [0.4, 0.5) is 0 Å².